The van der Waals surface area contributed by atoms with Crippen LogP contribution in [0.1, 0.15) is 28.1 Å². The molecule has 0 aliphatic rings. The van der Waals surface area contributed by atoms with Crippen molar-refractivity contribution in [3.8, 4) is 11.5 Å². The van der Waals surface area contributed by atoms with Gasteiger partial charge in [-0.05, 0) is 36.4 Å². The molecule has 0 aliphatic carbocycles. The first-order chi connectivity index (χ1) is 14.6. The third-order valence-corrected chi connectivity index (χ3v) is 5.42. The van der Waals surface area contributed by atoms with Crippen LogP contribution < -0.4 is 20.1 Å². The van der Waals surface area contributed by atoms with E-state index in [-0.39, 0.29) is 11.8 Å². The van der Waals surface area contributed by atoms with Crippen LogP contribution >= 0.6 is 11.3 Å². The minimum atomic E-state index is -0.263. The zero-order valence-corrected chi connectivity index (χ0v) is 17.8. The Morgan fingerprint density at radius 2 is 1.57 bits per heavy atom. The second kappa shape index (κ2) is 10.5. The molecule has 0 spiro atoms. The number of hydrogen-bond donors (Lipinski definition) is 2. The van der Waals surface area contributed by atoms with E-state index < -0.39 is 0 Å². The SMILES string of the molecule is COc1cc(NC(=O)c2ccccc2)c(OC)cc1NC(=O)CCCc1cccs1. The highest BCUT2D eigenvalue weighted by atomic mass is 32.1. The summed E-state index contributed by atoms with van der Waals surface area (Å²) in [6.07, 6.45) is 2.03. The van der Waals surface area contributed by atoms with Crippen molar-refractivity contribution >= 4 is 34.5 Å². The first-order valence-corrected chi connectivity index (χ1v) is 10.4. The second-order valence-corrected chi connectivity index (χ2v) is 7.59. The molecule has 7 heteroatoms. The molecule has 2 amide bonds. The van der Waals surface area contributed by atoms with Gasteiger partial charge >= 0.3 is 0 Å². The topological polar surface area (TPSA) is 76.7 Å². The molecule has 156 valence electrons. The van der Waals surface area contributed by atoms with Crippen molar-refractivity contribution in [3.05, 3.63) is 70.4 Å². The minimum absolute atomic E-state index is 0.104. The van der Waals surface area contributed by atoms with Crippen LogP contribution in [-0.4, -0.2) is 26.0 Å². The van der Waals surface area contributed by atoms with Crippen LogP contribution in [0.25, 0.3) is 0 Å². The van der Waals surface area contributed by atoms with Gasteiger partial charge in [0, 0.05) is 29.0 Å². The quantitative estimate of drug-likeness (QED) is 0.508. The van der Waals surface area contributed by atoms with E-state index in [0.717, 1.165) is 12.8 Å². The normalized spacial score (nSPS) is 10.3. The molecule has 2 aromatic carbocycles. The molecule has 0 radical (unpaired) electrons. The molecule has 0 fully saturated rings. The molecular weight excluding hydrogens is 400 g/mol. The lowest BCUT2D eigenvalue weighted by Crippen LogP contribution is -2.15. The van der Waals surface area contributed by atoms with E-state index in [2.05, 4.69) is 16.7 Å². The van der Waals surface area contributed by atoms with Gasteiger partial charge in [0.25, 0.3) is 5.91 Å². The highest BCUT2D eigenvalue weighted by Gasteiger charge is 2.16. The number of rotatable bonds is 9. The number of ether oxygens (including phenoxy) is 2. The lowest BCUT2D eigenvalue weighted by Gasteiger charge is -2.16. The molecule has 0 aliphatic heterocycles. The predicted molar refractivity (Wildman–Crippen MR) is 120 cm³/mol. The van der Waals surface area contributed by atoms with Crippen LogP contribution in [0.2, 0.25) is 0 Å². The van der Waals surface area contributed by atoms with Crippen molar-refractivity contribution in [2.45, 2.75) is 19.3 Å². The number of carbonyl (C=O) groups is 2. The average molecular weight is 425 g/mol. The summed E-state index contributed by atoms with van der Waals surface area (Å²) in [4.78, 5) is 26.1. The standard InChI is InChI=1S/C23H24N2O4S/c1-28-20-15-19(25-23(27)16-8-4-3-5-9-16)21(29-2)14-18(20)24-22(26)12-6-10-17-11-7-13-30-17/h3-5,7-9,11,13-15H,6,10,12H2,1-2H3,(H,24,26)(H,25,27). The molecule has 0 bridgehead atoms. The van der Waals surface area contributed by atoms with Gasteiger partial charge in [0.2, 0.25) is 5.91 Å². The lowest BCUT2D eigenvalue weighted by atomic mass is 10.1. The maximum atomic E-state index is 12.5. The third-order valence-electron chi connectivity index (χ3n) is 4.49. The fourth-order valence-electron chi connectivity index (χ4n) is 2.97. The summed E-state index contributed by atoms with van der Waals surface area (Å²) < 4.78 is 10.8. The number of aryl methyl sites for hydroxylation is 1. The zero-order chi connectivity index (χ0) is 21.3. The fourth-order valence-corrected chi connectivity index (χ4v) is 3.72. The van der Waals surface area contributed by atoms with Crippen molar-refractivity contribution in [2.24, 2.45) is 0 Å². The van der Waals surface area contributed by atoms with Gasteiger partial charge in [-0.2, -0.15) is 0 Å². The summed E-state index contributed by atoms with van der Waals surface area (Å²) in [6.45, 7) is 0. The molecule has 1 aromatic heterocycles. The molecule has 6 nitrogen and oxygen atoms in total. The summed E-state index contributed by atoms with van der Waals surface area (Å²) in [5.74, 6) is 0.494. The highest BCUT2D eigenvalue weighted by molar-refractivity contribution is 7.09. The summed E-state index contributed by atoms with van der Waals surface area (Å²) in [5, 5.41) is 7.74. The minimum Gasteiger partial charge on any atom is -0.494 e. The fraction of sp³-hybridized carbons (Fsp3) is 0.217. The van der Waals surface area contributed by atoms with E-state index in [4.69, 9.17) is 9.47 Å². The lowest BCUT2D eigenvalue weighted by molar-refractivity contribution is -0.116. The zero-order valence-electron chi connectivity index (χ0n) is 16.9. The van der Waals surface area contributed by atoms with Gasteiger partial charge in [0.05, 0.1) is 25.6 Å². The maximum Gasteiger partial charge on any atom is 0.255 e. The monoisotopic (exact) mass is 424 g/mol. The molecule has 2 N–H and O–H groups in total. The Balaban J connectivity index is 1.69. The number of benzene rings is 2. The number of carbonyl (C=O) groups excluding carboxylic acids is 2. The Labute approximate surface area is 179 Å². The highest BCUT2D eigenvalue weighted by Crippen LogP contribution is 2.36. The Hall–Kier alpha value is -3.32. The average Bonchev–Trinajstić information content (AvgIpc) is 3.28. The Morgan fingerprint density at radius 3 is 2.17 bits per heavy atom. The molecule has 30 heavy (non-hydrogen) atoms. The molecule has 3 rings (SSSR count). The van der Waals surface area contributed by atoms with Crippen molar-refractivity contribution in [1.82, 2.24) is 0 Å². The van der Waals surface area contributed by atoms with Crippen molar-refractivity contribution in [1.29, 1.82) is 0 Å². The predicted octanol–water partition coefficient (Wildman–Crippen LogP) is 4.98. The first kappa shape index (κ1) is 21.4. The van der Waals surface area contributed by atoms with Crippen LogP contribution in [0.5, 0.6) is 11.5 Å². The van der Waals surface area contributed by atoms with E-state index >= 15 is 0 Å². The molecule has 0 saturated heterocycles. The van der Waals surface area contributed by atoms with Crippen LogP contribution in [0, 0.1) is 0 Å². The van der Waals surface area contributed by atoms with Gasteiger partial charge in [0.1, 0.15) is 11.5 Å². The number of thiophene rings is 1. The summed E-state index contributed by atoms with van der Waals surface area (Å²) >= 11 is 1.69. The van der Waals surface area contributed by atoms with Crippen LogP contribution in [0.3, 0.4) is 0 Å². The Kier molecular flexibility index (Phi) is 7.45. The number of anilines is 2. The Morgan fingerprint density at radius 1 is 0.900 bits per heavy atom. The van der Waals surface area contributed by atoms with Crippen LogP contribution in [0.4, 0.5) is 11.4 Å². The van der Waals surface area contributed by atoms with E-state index in [0.29, 0.717) is 34.9 Å². The number of hydrogen-bond acceptors (Lipinski definition) is 5. The van der Waals surface area contributed by atoms with Crippen molar-refractivity contribution in [2.75, 3.05) is 24.9 Å². The number of methoxy groups -OCH3 is 2. The van der Waals surface area contributed by atoms with Crippen molar-refractivity contribution in [3.63, 3.8) is 0 Å². The van der Waals surface area contributed by atoms with Crippen LogP contribution in [-0.2, 0) is 11.2 Å². The molecule has 3 aromatic rings. The molecule has 1 heterocycles. The third kappa shape index (κ3) is 5.61. The first-order valence-electron chi connectivity index (χ1n) is 9.55. The number of nitrogens with one attached hydrogen (secondary N) is 2. The van der Waals surface area contributed by atoms with E-state index in [9.17, 15) is 9.59 Å². The van der Waals surface area contributed by atoms with E-state index in [1.165, 1.54) is 19.1 Å². The van der Waals surface area contributed by atoms with Gasteiger partial charge < -0.3 is 20.1 Å². The van der Waals surface area contributed by atoms with E-state index in [1.54, 1.807) is 47.7 Å². The van der Waals surface area contributed by atoms with Gasteiger partial charge in [-0.1, -0.05) is 24.3 Å². The van der Waals surface area contributed by atoms with Crippen LogP contribution in [0.15, 0.2) is 60.0 Å². The van der Waals surface area contributed by atoms with E-state index in [1.807, 2.05) is 17.5 Å². The van der Waals surface area contributed by atoms with Gasteiger partial charge in [-0.3, -0.25) is 9.59 Å². The number of amides is 2. The molecule has 0 saturated carbocycles. The largest absolute Gasteiger partial charge is 0.494 e. The Bertz CT molecular complexity index is 988. The second-order valence-electron chi connectivity index (χ2n) is 6.55. The molecule has 0 atom stereocenters. The van der Waals surface area contributed by atoms with Crippen molar-refractivity contribution < 1.29 is 19.1 Å². The smallest absolute Gasteiger partial charge is 0.255 e. The summed E-state index contributed by atoms with van der Waals surface area (Å²) in [5.41, 5.74) is 1.48. The molecular formula is C23H24N2O4S. The molecule has 0 unspecified atom stereocenters. The summed E-state index contributed by atoms with van der Waals surface area (Å²) in [7, 11) is 3.02. The van der Waals surface area contributed by atoms with Gasteiger partial charge in [0.15, 0.2) is 0 Å². The maximum absolute atomic E-state index is 12.5. The van der Waals surface area contributed by atoms with Gasteiger partial charge in [-0.15, -0.1) is 11.3 Å². The summed E-state index contributed by atoms with van der Waals surface area (Å²) in [6, 6.07) is 16.3. The van der Waals surface area contributed by atoms with Gasteiger partial charge in [-0.25, -0.2) is 0 Å².